The van der Waals surface area contributed by atoms with Crippen LogP contribution in [0.15, 0.2) is 86.0 Å². The number of piperazine rings is 1. The molecule has 2 aromatic rings. The number of hydrogen-bond donors (Lipinski definition) is 0. The fraction of sp³-hybridized carbons (Fsp3) is 0.360. The molecule has 0 bridgehead atoms. The van der Waals surface area contributed by atoms with Crippen molar-refractivity contribution in [3.63, 3.8) is 0 Å². The summed E-state index contributed by atoms with van der Waals surface area (Å²) in [6.45, 7) is 10.1. The van der Waals surface area contributed by atoms with Gasteiger partial charge in [0.1, 0.15) is 0 Å². The van der Waals surface area contributed by atoms with Crippen LogP contribution >= 0.6 is 0 Å². The predicted octanol–water partition coefficient (Wildman–Crippen LogP) is 3.85. The highest BCUT2D eigenvalue weighted by molar-refractivity contribution is 7.89. The lowest BCUT2D eigenvalue weighted by Crippen LogP contribution is -2.60. The first kappa shape index (κ1) is 23.4. The lowest BCUT2D eigenvalue weighted by Gasteiger charge is -2.45. The van der Waals surface area contributed by atoms with Gasteiger partial charge in [-0.05, 0) is 17.5 Å². The van der Waals surface area contributed by atoms with Gasteiger partial charge in [0.05, 0.1) is 25.0 Å². The molecule has 166 valence electrons. The Kier molecular flexibility index (Phi) is 8.60. The third kappa shape index (κ3) is 6.61. The Morgan fingerprint density at radius 2 is 1.55 bits per heavy atom. The molecule has 0 amide bonds. The minimum atomic E-state index is -3.45. The van der Waals surface area contributed by atoms with E-state index in [1.165, 1.54) is 11.6 Å². The number of rotatable bonds is 11. The molecule has 6 heteroatoms. The van der Waals surface area contributed by atoms with Gasteiger partial charge in [0.25, 0.3) is 0 Å². The van der Waals surface area contributed by atoms with Gasteiger partial charge in [-0.1, -0.05) is 72.8 Å². The molecule has 1 aliphatic rings. The second kappa shape index (κ2) is 11.4. The summed E-state index contributed by atoms with van der Waals surface area (Å²) in [5.41, 5.74) is 2.28. The maximum Gasteiger partial charge on any atom is 0.218 e. The quantitative estimate of drug-likeness (QED) is 0.498. The van der Waals surface area contributed by atoms with Gasteiger partial charge in [-0.3, -0.25) is 4.90 Å². The molecule has 0 N–H and O–H groups in total. The van der Waals surface area contributed by atoms with Gasteiger partial charge in [-0.2, -0.15) is 4.31 Å². The molecule has 0 aliphatic carbocycles. The molecule has 1 heterocycles. The molecule has 0 radical (unpaired) electrons. The normalized spacial score (nSPS) is 20.4. The molecule has 2 atom stereocenters. The summed E-state index contributed by atoms with van der Waals surface area (Å²) in [6, 6.07) is 20.0. The van der Waals surface area contributed by atoms with Gasteiger partial charge in [-0.25, -0.2) is 8.42 Å². The molecule has 1 saturated heterocycles. The summed E-state index contributed by atoms with van der Waals surface area (Å²) in [4.78, 5) is 2.35. The van der Waals surface area contributed by atoms with E-state index >= 15 is 0 Å². The summed E-state index contributed by atoms with van der Waals surface area (Å²) < 4.78 is 33.6. The first-order valence-corrected chi connectivity index (χ1v) is 12.3. The maximum atomic E-state index is 13.0. The van der Waals surface area contributed by atoms with Gasteiger partial charge in [0, 0.05) is 25.7 Å². The standard InChI is InChI=1S/C25H32N2O3S/c1-3-11-24-19-27(31(28,29)16-4-2)25(21-30-20-23-14-9-6-10-15-23)18-26(24)17-22-12-7-5-8-13-22/h3-10,12-15,24-25H,1-2,11,16-21H2/t24-,25-/m1/s1. The molecule has 0 spiro atoms. The van der Waals surface area contributed by atoms with Crippen LogP contribution in [0.4, 0.5) is 0 Å². The van der Waals surface area contributed by atoms with Crippen LogP contribution in [-0.2, 0) is 27.9 Å². The summed E-state index contributed by atoms with van der Waals surface area (Å²) in [5, 5.41) is 0. The zero-order valence-corrected chi connectivity index (χ0v) is 18.8. The molecule has 0 saturated carbocycles. The Hall–Kier alpha value is -2.25. The van der Waals surface area contributed by atoms with Crippen molar-refractivity contribution in [2.24, 2.45) is 0 Å². The van der Waals surface area contributed by atoms with E-state index in [2.05, 4.69) is 30.2 Å². The minimum absolute atomic E-state index is 0.0678. The van der Waals surface area contributed by atoms with Crippen molar-refractivity contribution in [3.8, 4) is 0 Å². The van der Waals surface area contributed by atoms with Crippen LogP contribution in [0, 0.1) is 0 Å². The van der Waals surface area contributed by atoms with Crippen molar-refractivity contribution in [3.05, 3.63) is 97.1 Å². The van der Waals surface area contributed by atoms with Crippen LogP contribution in [0.2, 0.25) is 0 Å². The van der Waals surface area contributed by atoms with E-state index in [-0.39, 0.29) is 17.8 Å². The molecule has 0 aromatic heterocycles. The van der Waals surface area contributed by atoms with Crippen LogP contribution in [0.3, 0.4) is 0 Å². The molecule has 2 aromatic carbocycles. The average molecular weight is 441 g/mol. The van der Waals surface area contributed by atoms with E-state index in [1.807, 2.05) is 54.6 Å². The summed E-state index contributed by atoms with van der Waals surface area (Å²) in [5.74, 6) is -0.0678. The molecular weight excluding hydrogens is 408 g/mol. The van der Waals surface area contributed by atoms with Crippen molar-refractivity contribution in [1.29, 1.82) is 0 Å². The summed E-state index contributed by atoms with van der Waals surface area (Å²) in [7, 11) is -3.45. The number of benzene rings is 2. The summed E-state index contributed by atoms with van der Waals surface area (Å²) >= 11 is 0. The van der Waals surface area contributed by atoms with Gasteiger partial charge in [0.15, 0.2) is 0 Å². The minimum Gasteiger partial charge on any atom is -0.375 e. The fourth-order valence-corrected chi connectivity index (χ4v) is 5.49. The number of nitrogens with zero attached hydrogens (tertiary/aromatic N) is 2. The topological polar surface area (TPSA) is 49.9 Å². The van der Waals surface area contributed by atoms with Gasteiger partial charge in [-0.15, -0.1) is 13.2 Å². The lowest BCUT2D eigenvalue weighted by atomic mass is 10.0. The smallest absolute Gasteiger partial charge is 0.218 e. The molecule has 1 fully saturated rings. The van der Waals surface area contributed by atoms with Crippen molar-refractivity contribution in [2.75, 3.05) is 25.4 Å². The highest BCUT2D eigenvalue weighted by Gasteiger charge is 2.39. The Balaban J connectivity index is 1.77. The molecular formula is C25H32N2O3S. The Labute approximate surface area is 186 Å². The highest BCUT2D eigenvalue weighted by Crippen LogP contribution is 2.24. The number of hydrogen-bond acceptors (Lipinski definition) is 4. The largest absolute Gasteiger partial charge is 0.375 e. The maximum absolute atomic E-state index is 13.0. The van der Waals surface area contributed by atoms with Crippen LogP contribution < -0.4 is 0 Å². The van der Waals surface area contributed by atoms with Crippen molar-refractivity contribution < 1.29 is 13.2 Å². The van der Waals surface area contributed by atoms with E-state index in [9.17, 15) is 8.42 Å². The van der Waals surface area contributed by atoms with E-state index in [0.717, 1.165) is 18.5 Å². The highest BCUT2D eigenvalue weighted by atomic mass is 32.2. The third-order valence-electron chi connectivity index (χ3n) is 5.53. The first-order chi connectivity index (χ1) is 15.0. The Morgan fingerprint density at radius 1 is 0.903 bits per heavy atom. The number of ether oxygens (including phenoxy) is 1. The fourth-order valence-electron chi connectivity index (χ4n) is 4.02. The molecule has 0 unspecified atom stereocenters. The second-order valence-electron chi connectivity index (χ2n) is 7.88. The van der Waals surface area contributed by atoms with Crippen LogP contribution in [-0.4, -0.2) is 55.2 Å². The van der Waals surface area contributed by atoms with Crippen molar-refractivity contribution in [1.82, 2.24) is 9.21 Å². The van der Waals surface area contributed by atoms with Gasteiger partial charge >= 0.3 is 0 Å². The van der Waals surface area contributed by atoms with Crippen LogP contribution in [0.1, 0.15) is 17.5 Å². The predicted molar refractivity (Wildman–Crippen MR) is 126 cm³/mol. The molecule has 3 rings (SSSR count). The van der Waals surface area contributed by atoms with E-state index < -0.39 is 10.0 Å². The average Bonchev–Trinajstić information content (AvgIpc) is 2.77. The zero-order chi connectivity index (χ0) is 22.1. The Morgan fingerprint density at radius 3 is 2.16 bits per heavy atom. The monoisotopic (exact) mass is 440 g/mol. The summed E-state index contributed by atoms with van der Waals surface area (Å²) in [6.07, 6.45) is 4.05. The number of sulfonamides is 1. The van der Waals surface area contributed by atoms with Crippen LogP contribution in [0.5, 0.6) is 0 Å². The first-order valence-electron chi connectivity index (χ1n) is 10.6. The zero-order valence-electron chi connectivity index (χ0n) is 18.0. The van der Waals surface area contributed by atoms with Gasteiger partial charge < -0.3 is 4.74 Å². The molecule has 31 heavy (non-hydrogen) atoms. The van der Waals surface area contributed by atoms with Crippen LogP contribution in [0.25, 0.3) is 0 Å². The molecule has 5 nitrogen and oxygen atoms in total. The van der Waals surface area contributed by atoms with E-state index in [4.69, 9.17) is 4.74 Å². The van der Waals surface area contributed by atoms with Gasteiger partial charge in [0.2, 0.25) is 10.0 Å². The third-order valence-corrected chi connectivity index (χ3v) is 7.35. The molecule has 1 aliphatic heterocycles. The van der Waals surface area contributed by atoms with E-state index in [1.54, 1.807) is 4.31 Å². The van der Waals surface area contributed by atoms with Crippen molar-refractivity contribution >= 4 is 10.0 Å². The lowest BCUT2D eigenvalue weighted by molar-refractivity contribution is 0.0127. The van der Waals surface area contributed by atoms with E-state index in [0.29, 0.717) is 26.3 Å². The SMILES string of the molecule is C=CC[C@@H]1CN(S(=O)(=O)CC=C)[C@@H](COCc2ccccc2)CN1Cc1ccccc1. The van der Waals surface area contributed by atoms with Crippen molar-refractivity contribution in [2.45, 2.75) is 31.7 Å². The Bertz CT molecular complexity index is 932. The second-order valence-corrected chi connectivity index (χ2v) is 9.85.